The summed E-state index contributed by atoms with van der Waals surface area (Å²) in [6.45, 7) is 3.85. The molecule has 9 heteroatoms. The van der Waals surface area contributed by atoms with Crippen molar-refractivity contribution in [2.75, 3.05) is 6.61 Å². The van der Waals surface area contributed by atoms with E-state index >= 15 is 0 Å². The van der Waals surface area contributed by atoms with Crippen molar-refractivity contribution in [1.29, 1.82) is 0 Å². The molecule has 0 radical (unpaired) electrons. The number of hydrogen-bond acceptors (Lipinski definition) is 6. The number of aromatic carboxylic acids is 1. The first-order valence-corrected chi connectivity index (χ1v) is 12.3. The lowest BCUT2D eigenvalue weighted by Gasteiger charge is -2.18. The molecule has 1 aromatic heterocycles. The first-order chi connectivity index (χ1) is 16.9. The summed E-state index contributed by atoms with van der Waals surface area (Å²) >= 11 is 1.04. The number of ether oxygens (including phenoxy) is 1. The monoisotopic (exact) mass is 493 g/mol. The number of rotatable bonds is 9. The average Bonchev–Trinajstić information content (AvgIpc) is 3.38. The highest BCUT2D eigenvalue weighted by Crippen LogP contribution is 2.44. The molecule has 0 fully saturated rings. The minimum atomic E-state index is -1.03. The number of carbonyl (C=O) groups is 3. The molecule has 0 saturated carbocycles. The molecule has 1 atom stereocenters. The maximum Gasteiger partial charge on any atom is 0.407 e. The Bertz CT molecular complexity index is 1210. The number of carbonyl (C=O) groups excluding carboxylic acids is 2. The average molecular weight is 494 g/mol. The van der Waals surface area contributed by atoms with Crippen LogP contribution in [0, 0.1) is 6.92 Å². The third-order valence-electron chi connectivity index (χ3n) is 6.06. The molecule has 1 aliphatic carbocycles. The molecular formula is C26H27N3O5S. The van der Waals surface area contributed by atoms with Crippen LogP contribution in [0.1, 0.15) is 57.2 Å². The van der Waals surface area contributed by atoms with Gasteiger partial charge in [-0.2, -0.15) is 0 Å². The molecule has 2 aromatic carbocycles. The van der Waals surface area contributed by atoms with E-state index in [1.807, 2.05) is 31.2 Å². The van der Waals surface area contributed by atoms with Crippen molar-refractivity contribution in [2.24, 2.45) is 0 Å². The summed E-state index contributed by atoms with van der Waals surface area (Å²) in [5, 5.41) is 15.2. The Balaban J connectivity index is 1.28. The van der Waals surface area contributed by atoms with Gasteiger partial charge in [0.2, 0.25) is 5.91 Å². The Morgan fingerprint density at radius 1 is 1.09 bits per heavy atom. The summed E-state index contributed by atoms with van der Waals surface area (Å²) in [5.74, 6) is -1.33. The number of fused-ring (bicyclic) bond motifs is 3. The molecular weight excluding hydrogens is 466 g/mol. The lowest BCUT2D eigenvalue weighted by atomic mass is 9.98. The van der Waals surface area contributed by atoms with Crippen molar-refractivity contribution in [2.45, 2.75) is 45.2 Å². The molecule has 0 aliphatic heterocycles. The van der Waals surface area contributed by atoms with Gasteiger partial charge in [-0.05, 0) is 35.6 Å². The van der Waals surface area contributed by atoms with Gasteiger partial charge in [-0.1, -0.05) is 55.5 Å². The van der Waals surface area contributed by atoms with Crippen LogP contribution in [-0.2, 0) is 16.1 Å². The zero-order valence-electron chi connectivity index (χ0n) is 19.5. The van der Waals surface area contributed by atoms with Crippen LogP contribution in [0.25, 0.3) is 11.1 Å². The summed E-state index contributed by atoms with van der Waals surface area (Å²) in [6, 6.07) is 15.9. The lowest BCUT2D eigenvalue weighted by molar-refractivity contribution is -0.121. The minimum Gasteiger partial charge on any atom is -0.477 e. The maximum absolute atomic E-state index is 12.5. The molecule has 4 rings (SSSR count). The molecule has 0 bridgehead atoms. The molecule has 3 N–H and O–H groups in total. The van der Waals surface area contributed by atoms with Gasteiger partial charge in [0.25, 0.3) is 0 Å². The van der Waals surface area contributed by atoms with E-state index in [0.717, 1.165) is 33.6 Å². The second-order valence-corrected chi connectivity index (χ2v) is 9.47. The van der Waals surface area contributed by atoms with Crippen molar-refractivity contribution in [3.05, 3.63) is 75.2 Å². The molecule has 1 heterocycles. The zero-order valence-corrected chi connectivity index (χ0v) is 20.4. The predicted octanol–water partition coefficient (Wildman–Crippen LogP) is 4.47. The molecule has 182 valence electrons. The van der Waals surface area contributed by atoms with Gasteiger partial charge in [0.05, 0.1) is 12.2 Å². The Hall–Kier alpha value is -3.72. The van der Waals surface area contributed by atoms with Crippen LogP contribution < -0.4 is 10.6 Å². The van der Waals surface area contributed by atoms with Crippen LogP contribution in [0.15, 0.2) is 48.5 Å². The van der Waals surface area contributed by atoms with E-state index in [1.165, 1.54) is 0 Å². The Kier molecular flexibility index (Phi) is 7.45. The zero-order chi connectivity index (χ0) is 24.9. The highest BCUT2D eigenvalue weighted by Gasteiger charge is 2.29. The smallest absolute Gasteiger partial charge is 0.407 e. The van der Waals surface area contributed by atoms with Crippen LogP contribution in [0.3, 0.4) is 0 Å². The molecule has 3 aromatic rings. The van der Waals surface area contributed by atoms with Gasteiger partial charge in [-0.3, -0.25) is 4.79 Å². The number of alkyl carbamates (subject to hydrolysis) is 1. The second kappa shape index (κ2) is 10.7. The number of aryl methyl sites for hydroxylation is 1. The van der Waals surface area contributed by atoms with Gasteiger partial charge in [0.1, 0.15) is 16.5 Å². The van der Waals surface area contributed by atoms with Crippen molar-refractivity contribution >= 4 is 29.3 Å². The number of hydrogen-bond donors (Lipinski definition) is 3. The van der Waals surface area contributed by atoms with Crippen LogP contribution in [0.5, 0.6) is 0 Å². The summed E-state index contributed by atoms with van der Waals surface area (Å²) in [6.07, 6.45) is 0.0710. The van der Waals surface area contributed by atoms with Crippen LogP contribution in [-0.4, -0.2) is 40.7 Å². The molecule has 35 heavy (non-hydrogen) atoms. The third kappa shape index (κ3) is 5.51. The molecule has 0 spiro atoms. The van der Waals surface area contributed by atoms with Crippen molar-refractivity contribution < 1.29 is 24.2 Å². The van der Waals surface area contributed by atoms with E-state index in [9.17, 15) is 14.4 Å². The normalized spacial score (nSPS) is 13.0. The number of aromatic nitrogens is 1. The topological polar surface area (TPSA) is 118 Å². The third-order valence-corrected chi connectivity index (χ3v) is 7.21. The number of carboxylic acid groups (broad SMARTS) is 1. The van der Waals surface area contributed by atoms with E-state index in [4.69, 9.17) is 9.84 Å². The molecule has 1 unspecified atom stereocenters. The fourth-order valence-electron chi connectivity index (χ4n) is 4.30. The summed E-state index contributed by atoms with van der Waals surface area (Å²) in [5.41, 5.74) is 5.01. The van der Waals surface area contributed by atoms with Crippen molar-refractivity contribution in [3.8, 4) is 11.1 Å². The fourth-order valence-corrected chi connectivity index (χ4v) is 5.14. The second-order valence-electron chi connectivity index (χ2n) is 8.38. The maximum atomic E-state index is 12.5. The van der Waals surface area contributed by atoms with Gasteiger partial charge in [0.15, 0.2) is 0 Å². The predicted molar refractivity (Wildman–Crippen MR) is 133 cm³/mol. The molecule has 8 nitrogen and oxygen atoms in total. The summed E-state index contributed by atoms with van der Waals surface area (Å²) < 4.78 is 5.58. The Morgan fingerprint density at radius 2 is 1.71 bits per heavy atom. The number of thiazole rings is 1. The molecule has 2 amide bonds. The molecule has 1 aliphatic rings. The Morgan fingerprint density at radius 3 is 2.29 bits per heavy atom. The molecule has 0 saturated heterocycles. The fraction of sp³-hybridized carbons (Fsp3) is 0.308. The van der Waals surface area contributed by atoms with Gasteiger partial charge < -0.3 is 20.5 Å². The van der Waals surface area contributed by atoms with Gasteiger partial charge in [0, 0.05) is 18.4 Å². The van der Waals surface area contributed by atoms with E-state index in [0.29, 0.717) is 17.1 Å². The van der Waals surface area contributed by atoms with Gasteiger partial charge in [-0.25, -0.2) is 14.6 Å². The number of carboxylic acids is 1. The van der Waals surface area contributed by atoms with E-state index in [2.05, 4.69) is 39.9 Å². The van der Waals surface area contributed by atoms with Crippen LogP contribution in [0.2, 0.25) is 0 Å². The van der Waals surface area contributed by atoms with E-state index < -0.39 is 18.1 Å². The van der Waals surface area contributed by atoms with Gasteiger partial charge in [-0.15, -0.1) is 11.3 Å². The SMILES string of the molecule is CCC(CC(=O)NCc1nc(C)c(C(=O)O)s1)NC(=O)OCC1c2ccccc2-c2ccccc21. The first kappa shape index (κ1) is 24.4. The largest absolute Gasteiger partial charge is 0.477 e. The minimum absolute atomic E-state index is 0.0334. The highest BCUT2D eigenvalue weighted by molar-refractivity contribution is 7.13. The quantitative estimate of drug-likeness (QED) is 0.405. The standard InChI is InChI=1S/C26H27N3O5S/c1-3-16(12-22(30)27-13-23-28-15(2)24(35-23)25(31)32)29-26(33)34-14-21-19-10-6-4-8-17(19)18-9-5-7-11-20(18)21/h4-11,16,21H,3,12-14H2,1-2H3,(H,27,30)(H,29,33)(H,31,32). The number of amides is 2. The van der Waals surface area contributed by atoms with E-state index in [1.54, 1.807) is 6.92 Å². The van der Waals surface area contributed by atoms with Crippen molar-refractivity contribution in [3.63, 3.8) is 0 Å². The van der Waals surface area contributed by atoms with Crippen LogP contribution in [0.4, 0.5) is 4.79 Å². The number of nitrogens with zero attached hydrogens (tertiary/aromatic N) is 1. The summed E-state index contributed by atoms with van der Waals surface area (Å²) in [7, 11) is 0. The number of benzene rings is 2. The van der Waals surface area contributed by atoms with Crippen molar-refractivity contribution in [1.82, 2.24) is 15.6 Å². The lowest BCUT2D eigenvalue weighted by Crippen LogP contribution is -2.39. The van der Waals surface area contributed by atoms with E-state index in [-0.39, 0.29) is 36.3 Å². The van der Waals surface area contributed by atoms with Gasteiger partial charge >= 0.3 is 12.1 Å². The van der Waals surface area contributed by atoms with Crippen LogP contribution >= 0.6 is 11.3 Å². The Labute approximate surface area is 207 Å². The number of nitrogens with one attached hydrogen (secondary N) is 2. The first-order valence-electron chi connectivity index (χ1n) is 11.4. The highest BCUT2D eigenvalue weighted by atomic mass is 32.1. The summed E-state index contributed by atoms with van der Waals surface area (Å²) in [4.78, 5) is 40.4.